The lowest BCUT2D eigenvalue weighted by molar-refractivity contribution is 0.0681. The zero-order valence-corrected chi connectivity index (χ0v) is 15.8. The topological polar surface area (TPSA) is 71.2 Å². The molecule has 6 heteroatoms. The molecular formula is C21H28N4O2. The number of carbonyl (C=O) groups excluding carboxylic acids is 1. The second-order valence-electron chi connectivity index (χ2n) is 7.94. The Morgan fingerprint density at radius 3 is 2.44 bits per heavy atom. The summed E-state index contributed by atoms with van der Waals surface area (Å²) in [5, 5.41) is 17.9. The van der Waals surface area contributed by atoms with E-state index in [1.54, 1.807) is 12.1 Å². The minimum absolute atomic E-state index is 0.00457. The van der Waals surface area contributed by atoms with Gasteiger partial charge in [0.25, 0.3) is 5.91 Å². The van der Waals surface area contributed by atoms with Crippen molar-refractivity contribution in [3.63, 3.8) is 0 Å². The van der Waals surface area contributed by atoms with E-state index in [4.69, 9.17) is 5.11 Å². The monoisotopic (exact) mass is 368 g/mol. The van der Waals surface area contributed by atoms with Crippen LogP contribution in [0.15, 0.2) is 30.5 Å². The highest BCUT2D eigenvalue weighted by atomic mass is 16.3. The summed E-state index contributed by atoms with van der Waals surface area (Å²) in [4.78, 5) is 14.6. The Hall–Kier alpha value is -2.21. The largest absolute Gasteiger partial charge is 0.392 e. The van der Waals surface area contributed by atoms with E-state index in [1.807, 2.05) is 21.7 Å². The number of carbonyl (C=O) groups is 1. The summed E-state index contributed by atoms with van der Waals surface area (Å²) in [6.45, 7) is 2.47. The van der Waals surface area contributed by atoms with Gasteiger partial charge < -0.3 is 10.0 Å². The van der Waals surface area contributed by atoms with Crippen LogP contribution in [0.5, 0.6) is 0 Å². The third-order valence-electron chi connectivity index (χ3n) is 6.06. The number of rotatable bonds is 5. The van der Waals surface area contributed by atoms with Gasteiger partial charge in [-0.1, -0.05) is 30.2 Å². The molecule has 2 aromatic rings. The molecule has 2 aliphatic rings. The first kappa shape index (κ1) is 18.2. The number of hydrogen-bond acceptors (Lipinski definition) is 4. The average Bonchev–Trinajstić information content (AvgIpc) is 3.40. The number of aliphatic hydroxyl groups is 1. The van der Waals surface area contributed by atoms with E-state index in [1.165, 1.54) is 25.7 Å². The van der Waals surface area contributed by atoms with Crippen molar-refractivity contribution in [1.29, 1.82) is 0 Å². The third kappa shape index (κ3) is 4.21. The Kier molecular flexibility index (Phi) is 5.53. The van der Waals surface area contributed by atoms with Crippen LogP contribution in [0.25, 0.3) is 0 Å². The second kappa shape index (κ2) is 8.21. The number of aromatic nitrogens is 3. The van der Waals surface area contributed by atoms with Crippen LogP contribution in [-0.2, 0) is 13.2 Å². The minimum Gasteiger partial charge on any atom is -0.392 e. The maximum Gasteiger partial charge on any atom is 0.253 e. The van der Waals surface area contributed by atoms with Crippen LogP contribution in [0.3, 0.4) is 0 Å². The van der Waals surface area contributed by atoms with Crippen LogP contribution >= 0.6 is 0 Å². The van der Waals surface area contributed by atoms with Gasteiger partial charge in [-0.25, -0.2) is 0 Å². The van der Waals surface area contributed by atoms with Crippen molar-refractivity contribution in [2.24, 2.45) is 5.92 Å². The summed E-state index contributed by atoms with van der Waals surface area (Å²) in [5.74, 6) is 1.24. The highest BCUT2D eigenvalue weighted by Crippen LogP contribution is 2.32. The summed E-state index contributed by atoms with van der Waals surface area (Å²) in [6, 6.07) is 7.24. The predicted molar refractivity (Wildman–Crippen MR) is 102 cm³/mol. The van der Waals surface area contributed by atoms with Gasteiger partial charge in [-0.3, -0.25) is 9.48 Å². The number of piperidine rings is 1. The molecule has 2 fully saturated rings. The Morgan fingerprint density at radius 2 is 1.78 bits per heavy atom. The summed E-state index contributed by atoms with van der Waals surface area (Å²) in [6.07, 6.45) is 9.25. The van der Waals surface area contributed by atoms with Crippen LogP contribution in [-0.4, -0.2) is 44.0 Å². The van der Waals surface area contributed by atoms with Crippen LogP contribution < -0.4 is 0 Å². The first-order valence-corrected chi connectivity index (χ1v) is 10.1. The van der Waals surface area contributed by atoms with Crippen LogP contribution in [0.1, 0.15) is 66.1 Å². The lowest BCUT2D eigenvalue weighted by atomic mass is 9.96. The van der Waals surface area contributed by atoms with Gasteiger partial charge in [0.2, 0.25) is 0 Å². The molecule has 0 unspecified atom stereocenters. The summed E-state index contributed by atoms with van der Waals surface area (Å²) < 4.78 is 2.00. The molecule has 2 heterocycles. The number of nitrogens with zero attached hydrogens (tertiary/aromatic N) is 4. The van der Waals surface area contributed by atoms with Crippen molar-refractivity contribution < 1.29 is 9.90 Å². The molecule has 0 radical (unpaired) electrons. The van der Waals surface area contributed by atoms with E-state index in [2.05, 4.69) is 16.5 Å². The maximum absolute atomic E-state index is 12.7. The third-order valence-corrected chi connectivity index (χ3v) is 6.06. The number of hydrogen-bond donors (Lipinski definition) is 1. The van der Waals surface area contributed by atoms with Gasteiger partial charge in [0.1, 0.15) is 0 Å². The summed E-state index contributed by atoms with van der Waals surface area (Å²) >= 11 is 0. The smallest absolute Gasteiger partial charge is 0.253 e. The standard InChI is InChI=1S/C21H28N4O2/c26-15-17-5-7-19(8-6-17)21(27)24-11-9-16(10-12-24)13-25-14-20(22-23-25)18-3-1-2-4-18/h5-8,14,16,18,26H,1-4,9-13,15H2. The van der Waals surface area contributed by atoms with Crippen molar-refractivity contribution in [1.82, 2.24) is 19.9 Å². The molecule has 1 aromatic heterocycles. The molecule has 0 atom stereocenters. The minimum atomic E-state index is 0.00457. The van der Waals surface area contributed by atoms with Crippen molar-refractivity contribution in [3.8, 4) is 0 Å². The van der Waals surface area contributed by atoms with E-state index in [0.717, 1.165) is 43.7 Å². The normalized spacial score (nSPS) is 18.9. The molecular weight excluding hydrogens is 340 g/mol. The number of aliphatic hydroxyl groups excluding tert-OH is 1. The highest BCUT2D eigenvalue weighted by Gasteiger charge is 2.25. The number of amides is 1. The number of benzene rings is 1. The molecule has 1 aliphatic carbocycles. The molecule has 1 aromatic carbocycles. The molecule has 1 aliphatic heterocycles. The SMILES string of the molecule is O=C(c1ccc(CO)cc1)N1CCC(Cn2cc(C3CCCC3)nn2)CC1. The van der Waals surface area contributed by atoms with E-state index in [0.29, 0.717) is 17.4 Å². The molecule has 0 spiro atoms. The average molecular weight is 368 g/mol. The summed E-state index contributed by atoms with van der Waals surface area (Å²) in [7, 11) is 0. The van der Waals surface area contributed by atoms with E-state index >= 15 is 0 Å². The highest BCUT2D eigenvalue weighted by molar-refractivity contribution is 5.94. The van der Waals surface area contributed by atoms with Crippen molar-refractivity contribution in [2.45, 2.75) is 57.6 Å². The van der Waals surface area contributed by atoms with Crippen molar-refractivity contribution in [2.75, 3.05) is 13.1 Å². The molecule has 0 bridgehead atoms. The Bertz CT molecular complexity index is 757. The van der Waals surface area contributed by atoms with Gasteiger partial charge in [0.15, 0.2) is 0 Å². The molecule has 1 saturated carbocycles. The van der Waals surface area contributed by atoms with Gasteiger partial charge >= 0.3 is 0 Å². The predicted octanol–water partition coefficient (Wildman–Crippen LogP) is 2.98. The first-order valence-electron chi connectivity index (χ1n) is 10.1. The van der Waals surface area contributed by atoms with Gasteiger partial charge in [0.05, 0.1) is 12.3 Å². The molecule has 1 amide bonds. The Labute approximate surface area is 160 Å². The number of likely N-dealkylation sites (tertiary alicyclic amines) is 1. The molecule has 6 nitrogen and oxygen atoms in total. The molecule has 1 saturated heterocycles. The molecule has 4 rings (SSSR count). The van der Waals surface area contributed by atoms with Gasteiger partial charge in [0, 0.05) is 37.3 Å². The second-order valence-corrected chi connectivity index (χ2v) is 7.94. The van der Waals surface area contributed by atoms with Crippen LogP contribution in [0.2, 0.25) is 0 Å². The quantitative estimate of drug-likeness (QED) is 0.881. The fraction of sp³-hybridized carbons (Fsp3) is 0.571. The van der Waals surface area contributed by atoms with Crippen LogP contribution in [0.4, 0.5) is 0 Å². The first-order chi connectivity index (χ1) is 13.2. The Morgan fingerprint density at radius 1 is 1.07 bits per heavy atom. The molecule has 144 valence electrons. The zero-order valence-electron chi connectivity index (χ0n) is 15.8. The fourth-order valence-electron chi connectivity index (χ4n) is 4.33. The lowest BCUT2D eigenvalue weighted by Crippen LogP contribution is -2.39. The van der Waals surface area contributed by atoms with Crippen molar-refractivity contribution >= 4 is 5.91 Å². The van der Waals surface area contributed by atoms with Crippen LogP contribution in [0, 0.1) is 5.92 Å². The fourth-order valence-corrected chi connectivity index (χ4v) is 4.33. The molecule has 27 heavy (non-hydrogen) atoms. The zero-order chi connectivity index (χ0) is 18.6. The maximum atomic E-state index is 12.7. The van der Waals surface area contributed by atoms with E-state index < -0.39 is 0 Å². The van der Waals surface area contributed by atoms with E-state index in [9.17, 15) is 4.79 Å². The van der Waals surface area contributed by atoms with Gasteiger partial charge in [-0.05, 0) is 49.3 Å². The van der Waals surface area contributed by atoms with Gasteiger partial charge in [-0.2, -0.15) is 0 Å². The lowest BCUT2D eigenvalue weighted by Gasteiger charge is -2.32. The summed E-state index contributed by atoms with van der Waals surface area (Å²) in [5.41, 5.74) is 2.68. The van der Waals surface area contributed by atoms with E-state index in [-0.39, 0.29) is 12.5 Å². The van der Waals surface area contributed by atoms with Crippen molar-refractivity contribution in [3.05, 3.63) is 47.3 Å². The Balaban J connectivity index is 1.29. The molecule has 1 N–H and O–H groups in total. The van der Waals surface area contributed by atoms with Gasteiger partial charge in [-0.15, -0.1) is 5.10 Å².